The minimum atomic E-state index is -0.993. The maximum Gasteiger partial charge on any atom is 0.326 e. The summed E-state index contributed by atoms with van der Waals surface area (Å²) in [6.07, 6.45) is 4.97. The number of aliphatic carboxylic acids is 1. The molecule has 0 heterocycles. The van der Waals surface area contributed by atoms with Crippen molar-refractivity contribution >= 4 is 11.9 Å². The summed E-state index contributed by atoms with van der Waals surface area (Å²) in [4.78, 5) is 23.8. The van der Waals surface area contributed by atoms with Crippen LogP contribution in [0.15, 0.2) is 0 Å². The lowest BCUT2D eigenvalue weighted by atomic mass is 9.77. The Labute approximate surface area is 121 Å². The van der Waals surface area contributed by atoms with Crippen molar-refractivity contribution < 1.29 is 19.4 Å². The van der Waals surface area contributed by atoms with Crippen LogP contribution in [-0.2, 0) is 14.3 Å². The van der Waals surface area contributed by atoms with Gasteiger partial charge < -0.3 is 15.2 Å². The lowest BCUT2D eigenvalue weighted by Gasteiger charge is -2.31. The summed E-state index contributed by atoms with van der Waals surface area (Å²) < 4.78 is 4.90. The lowest BCUT2D eigenvalue weighted by Crippen LogP contribution is -2.48. The highest BCUT2D eigenvalue weighted by Gasteiger charge is 2.42. The molecule has 0 aliphatic heterocycles. The third-order valence-electron chi connectivity index (χ3n) is 4.06. The van der Waals surface area contributed by atoms with E-state index in [1.807, 2.05) is 0 Å². The first kappa shape index (κ1) is 17.0. The number of hydrogen-bond donors (Lipinski definition) is 2. The predicted molar refractivity (Wildman–Crippen MR) is 76.4 cm³/mol. The van der Waals surface area contributed by atoms with Gasteiger partial charge in [-0.05, 0) is 25.2 Å². The Morgan fingerprint density at radius 1 is 1.30 bits per heavy atom. The fourth-order valence-corrected chi connectivity index (χ4v) is 3.16. The average Bonchev–Trinajstić information content (AvgIpc) is 2.82. The highest BCUT2D eigenvalue weighted by Crippen LogP contribution is 2.43. The molecule has 0 radical (unpaired) electrons. The van der Waals surface area contributed by atoms with E-state index >= 15 is 0 Å². The van der Waals surface area contributed by atoms with E-state index in [1.165, 1.54) is 7.11 Å². The molecular formula is C15H27NO4. The smallest absolute Gasteiger partial charge is 0.326 e. The van der Waals surface area contributed by atoms with E-state index in [-0.39, 0.29) is 11.3 Å². The molecule has 20 heavy (non-hydrogen) atoms. The summed E-state index contributed by atoms with van der Waals surface area (Å²) in [6.45, 7) is 4.54. The average molecular weight is 285 g/mol. The third-order valence-corrected chi connectivity index (χ3v) is 4.06. The highest BCUT2D eigenvalue weighted by molar-refractivity contribution is 5.87. The van der Waals surface area contributed by atoms with Gasteiger partial charge in [-0.25, -0.2) is 4.79 Å². The fourth-order valence-electron chi connectivity index (χ4n) is 3.16. The minimum absolute atomic E-state index is 0.0906. The molecule has 116 valence electrons. The van der Waals surface area contributed by atoms with Crippen molar-refractivity contribution in [2.75, 3.05) is 13.7 Å². The summed E-state index contributed by atoms with van der Waals surface area (Å²) in [7, 11) is 1.53. The van der Waals surface area contributed by atoms with E-state index < -0.39 is 12.0 Å². The molecule has 2 N–H and O–H groups in total. The predicted octanol–water partition coefficient (Wildman–Crippen LogP) is 2.20. The zero-order valence-corrected chi connectivity index (χ0v) is 12.8. The SMILES string of the molecule is COCCC(NC(=O)C1(CC(C)C)CCCC1)C(=O)O. The molecular weight excluding hydrogens is 258 g/mol. The minimum Gasteiger partial charge on any atom is -0.480 e. The number of carboxylic acid groups (broad SMARTS) is 1. The van der Waals surface area contributed by atoms with Gasteiger partial charge in [0.25, 0.3) is 0 Å². The first-order valence-electron chi connectivity index (χ1n) is 7.44. The van der Waals surface area contributed by atoms with Crippen LogP contribution in [-0.4, -0.2) is 36.7 Å². The molecule has 0 bridgehead atoms. The van der Waals surface area contributed by atoms with Crippen LogP contribution in [0.1, 0.15) is 52.4 Å². The summed E-state index contributed by atoms with van der Waals surface area (Å²) in [5.74, 6) is -0.651. The van der Waals surface area contributed by atoms with Crippen molar-refractivity contribution in [1.82, 2.24) is 5.32 Å². The molecule has 1 aliphatic rings. The van der Waals surface area contributed by atoms with Gasteiger partial charge >= 0.3 is 5.97 Å². The zero-order chi connectivity index (χ0) is 15.2. The lowest BCUT2D eigenvalue weighted by molar-refractivity contribution is -0.144. The number of methoxy groups -OCH3 is 1. The summed E-state index contributed by atoms with van der Waals surface area (Å²) in [5, 5.41) is 11.9. The van der Waals surface area contributed by atoms with Gasteiger partial charge in [0.1, 0.15) is 6.04 Å². The standard InChI is InChI=1S/C15H27NO4/c1-11(2)10-15(7-4-5-8-15)14(19)16-12(13(17)18)6-9-20-3/h11-12H,4-10H2,1-3H3,(H,16,19)(H,17,18). The van der Waals surface area contributed by atoms with Gasteiger partial charge in [-0.2, -0.15) is 0 Å². The van der Waals surface area contributed by atoms with E-state index in [2.05, 4.69) is 19.2 Å². The Kier molecular flexibility index (Phi) is 6.46. The maximum atomic E-state index is 12.6. The quantitative estimate of drug-likeness (QED) is 0.717. The van der Waals surface area contributed by atoms with Crippen LogP contribution in [0, 0.1) is 11.3 Å². The van der Waals surface area contributed by atoms with Crippen LogP contribution in [0.5, 0.6) is 0 Å². The summed E-state index contributed by atoms with van der Waals surface area (Å²) in [5.41, 5.74) is -0.366. The number of nitrogens with one attached hydrogen (secondary N) is 1. The Morgan fingerprint density at radius 3 is 2.35 bits per heavy atom. The maximum absolute atomic E-state index is 12.6. The molecule has 5 heteroatoms. The molecule has 1 atom stereocenters. The molecule has 1 aliphatic carbocycles. The molecule has 0 aromatic rings. The van der Waals surface area contributed by atoms with Crippen molar-refractivity contribution in [3.63, 3.8) is 0 Å². The van der Waals surface area contributed by atoms with Crippen LogP contribution >= 0.6 is 0 Å². The van der Waals surface area contributed by atoms with E-state index in [9.17, 15) is 14.7 Å². The number of carboxylic acids is 1. The number of carbonyl (C=O) groups is 2. The highest BCUT2D eigenvalue weighted by atomic mass is 16.5. The molecule has 1 saturated carbocycles. The Morgan fingerprint density at radius 2 is 1.90 bits per heavy atom. The van der Waals surface area contributed by atoms with Gasteiger partial charge in [-0.1, -0.05) is 26.7 Å². The monoisotopic (exact) mass is 285 g/mol. The van der Waals surface area contributed by atoms with Crippen LogP contribution in [0.2, 0.25) is 0 Å². The molecule has 0 saturated heterocycles. The largest absolute Gasteiger partial charge is 0.480 e. The van der Waals surface area contributed by atoms with Crippen LogP contribution in [0.4, 0.5) is 0 Å². The van der Waals surface area contributed by atoms with Crippen LogP contribution in [0.25, 0.3) is 0 Å². The van der Waals surface area contributed by atoms with E-state index in [1.54, 1.807) is 0 Å². The number of carbonyl (C=O) groups excluding carboxylic acids is 1. The number of hydrogen-bond acceptors (Lipinski definition) is 3. The van der Waals surface area contributed by atoms with E-state index in [4.69, 9.17) is 4.74 Å². The van der Waals surface area contributed by atoms with E-state index in [0.717, 1.165) is 32.1 Å². The van der Waals surface area contributed by atoms with Gasteiger partial charge in [0, 0.05) is 25.6 Å². The van der Waals surface area contributed by atoms with Crippen LogP contribution in [0.3, 0.4) is 0 Å². The van der Waals surface area contributed by atoms with Crippen molar-refractivity contribution in [1.29, 1.82) is 0 Å². The summed E-state index contributed by atoms with van der Waals surface area (Å²) in [6, 6.07) is -0.855. The third kappa shape index (κ3) is 4.47. The first-order valence-corrected chi connectivity index (χ1v) is 7.44. The molecule has 0 aromatic carbocycles. The van der Waals surface area contributed by atoms with E-state index in [0.29, 0.717) is 18.9 Å². The number of rotatable bonds is 8. The molecule has 0 spiro atoms. The second-order valence-corrected chi connectivity index (χ2v) is 6.23. The fraction of sp³-hybridized carbons (Fsp3) is 0.867. The van der Waals surface area contributed by atoms with Gasteiger partial charge in [0.15, 0.2) is 0 Å². The first-order chi connectivity index (χ1) is 9.41. The molecule has 1 amide bonds. The second-order valence-electron chi connectivity index (χ2n) is 6.23. The molecule has 0 aromatic heterocycles. The molecule has 1 rings (SSSR count). The topological polar surface area (TPSA) is 75.6 Å². The Bertz CT molecular complexity index is 335. The van der Waals surface area contributed by atoms with Crippen molar-refractivity contribution in [3.8, 4) is 0 Å². The molecule has 5 nitrogen and oxygen atoms in total. The zero-order valence-electron chi connectivity index (χ0n) is 12.8. The van der Waals surface area contributed by atoms with Gasteiger partial charge in [-0.3, -0.25) is 4.79 Å². The number of amides is 1. The Balaban J connectivity index is 2.71. The van der Waals surface area contributed by atoms with Crippen molar-refractivity contribution in [2.24, 2.45) is 11.3 Å². The van der Waals surface area contributed by atoms with Crippen LogP contribution < -0.4 is 5.32 Å². The van der Waals surface area contributed by atoms with Gasteiger partial charge in [0.2, 0.25) is 5.91 Å². The Hall–Kier alpha value is -1.10. The normalized spacial score (nSPS) is 19.0. The molecule has 1 unspecified atom stereocenters. The van der Waals surface area contributed by atoms with Gasteiger partial charge in [-0.15, -0.1) is 0 Å². The summed E-state index contributed by atoms with van der Waals surface area (Å²) >= 11 is 0. The number of ether oxygens (including phenoxy) is 1. The molecule has 1 fully saturated rings. The van der Waals surface area contributed by atoms with Gasteiger partial charge in [0.05, 0.1) is 0 Å². The second kappa shape index (κ2) is 7.62. The van der Waals surface area contributed by atoms with Crippen molar-refractivity contribution in [2.45, 2.75) is 58.4 Å². The van der Waals surface area contributed by atoms with Crippen molar-refractivity contribution in [3.05, 3.63) is 0 Å².